The third-order valence-electron chi connectivity index (χ3n) is 5.98. The summed E-state index contributed by atoms with van der Waals surface area (Å²) in [5.74, 6) is 0.467. The van der Waals surface area contributed by atoms with Crippen molar-refractivity contribution in [1.82, 2.24) is 0 Å². The summed E-state index contributed by atoms with van der Waals surface area (Å²) in [4.78, 5) is 27.1. The monoisotopic (exact) mass is 458 g/mol. The lowest BCUT2D eigenvalue weighted by Crippen LogP contribution is -2.27. The van der Waals surface area contributed by atoms with E-state index in [4.69, 9.17) is 0 Å². The van der Waals surface area contributed by atoms with Crippen molar-refractivity contribution in [2.45, 2.75) is 44.9 Å². The molecular formula is C28H30N2O2S. The van der Waals surface area contributed by atoms with Gasteiger partial charge in [-0.1, -0.05) is 56.7 Å². The molecule has 5 heteroatoms. The molecule has 1 fully saturated rings. The number of rotatable bonds is 8. The van der Waals surface area contributed by atoms with Crippen molar-refractivity contribution in [3.63, 3.8) is 0 Å². The summed E-state index contributed by atoms with van der Waals surface area (Å²) < 4.78 is 0. The minimum Gasteiger partial charge on any atom is -0.322 e. The zero-order valence-electron chi connectivity index (χ0n) is 19.2. The minimum atomic E-state index is -0.118. The molecule has 170 valence electrons. The number of hydrogen-bond acceptors (Lipinski definition) is 3. The topological polar surface area (TPSA) is 49.4 Å². The van der Waals surface area contributed by atoms with Gasteiger partial charge in [-0.15, -0.1) is 11.8 Å². The molecule has 3 aromatic rings. The second kappa shape index (κ2) is 10.7. The van der Waals surface area contributed by atoms with Crippen molar-refractivity contribution in [2.24, 2.45) is 0 Å². The largest absolute Gasteiger partial charge is 0.322 e. The summed E-state index contributed by atoms with van der Waals surface area (Å²) >= 11 is 1.63. The number of nitrogens with zero attached hydrogens (tertiary/aromatic N) is 1. The summed E-state index contributed by atoms with van der Waals surface area (Å²) in [6.45, 7) is 4.30. The highest BCUT2D eigenvalue weighted by Crippen LogP contribution is 2.42. The molecule has 1 atom stereocenters. The number of carbonyl (C=O) groups is 2. The molecule has 0 spiro atoms. The lowest BCUT2D eigenvalue weighted by molar-refractivity contribution is -0.115. The fraction of sp³-hybridized carbons (Fsp3) is 0.286. The summed E-state index contributed by atoms with van der Waals surface area (Å²) in [7, 11) is 0. The van der Waals surface area contributed by atoms with Crippen LogP contribution in [0.5, 0.6) is 0 Å². The van der Waals surface area contributed by atoms with Crippen molar-refractivity contribution in [3.05, 3.63) is 95.1 Å². The molecular weight excluding hydrogens is 428 g/mol. The van der Waals surface area contributed by atoms with Crippen LogP contribution in [0.2, 0.25) is 0 Å². The minimum absolute atomic E-state index is 0.0645. The SMILES string of the molecule is CCCCc1ccc(C(=O)Nc2ccc([C@@H]3SCC(=O)N3c3ccc(CC)cc3)cc2)cc1. The standard InChI is InChI=1S/C28H30N2O2S/c1-3-5-6-21-7-11-22(12-8-21)27(32)29-24-15-13-23(14-16-24)28-30(26(31)19-33-28)25-17-9-20(4-2)10-18-25/h7-18,28H,3-6,19H2,1-2H3,(H,29,32)/t28-/m0/s1. The van der Waals surface area contributed by atoms with Crippen LogP contribution in [0.4, 0.5) is 11.4 Å². The Morgan fingerprint density at radius 1 is 0.939 bits per heavy atom. The maximum atomic E-state index is 12.6. The van der Waals surface area contributed by atoms with Crippen molar-refractivity contribution in [1.29, 1.82) is 0 Å². The van der Waals surface area contributed by atoms with E-state index in [0.29, 0.717) is 11.3 Å². The highest BCUT2D eigenvalue weighted by molar-refractivity contribution is 8.00. The third-order valence-corrected chi connectivity index (χ3v) is 7.19. The Morgan fingerprint density at radius 2 is 1.61 bits per heavy atom. The highest BCUT2D eigenvalue weighted by Gasteiger charge is 2.33. The number of amides is 2. The van der Waals surface area contributed by atoms with Crippen LogP contribution in [0.15, 0.2) is 72.8 Å². The first-order valence-electron chi connectivity index (χ1n) is 11.6. The number of anilines is 2. The summed E-state index contributed by atoms with van der Waals surface area (Å²) in [6, 6.07) is 23.8. The number of benzene rings is 3. The average Bonchev–Trinajstić information content (AvgIpc) is 3.24. The molecule has 1 saturated heterocycles. The quantitative estimate of drug-likeness (QED) is 0.412. The van der Waals surface area contributed by atoms with Crippen molar-refractivity contribution in [2.75, 3.05) is 16.0 Å². The molecule has 0 saturated carbocycles. The maximum Gasteiger partial charge on any atom is 0.255 e. The Bertz CT molecular complexity index is 1090. The van der Waals surface area contributed by atoms with E-state index in [2.05, 4.69) is 31.3 Å². The fourth-order valence-corrected chi connectivity index (χ4v) is 5.16. The number of nitrogens with one attached hydrogen (secondary N) is 1. The molecule has 0 bridgehead atoms. The summed E-state index contributed by atoms with van der Waals surface area (Å²) in [5, 5.41) is 2.91. The first-order chi connectivity index (χ1) is 16.1. The van der Waals surface area contributed by atoms with E-state index in [1.54, 1.807) is 11.8 Å². The maximum absolute atomic E-state index is 12.6. The number of unbranched alkanes of at least 4 members (excludes halogenated alkanes) is 1. The first-order valence-corrected chi connectivity index (χ1v) is 12.7. The van der Waals surface area contributed by atoms with Gasteiger partial charge in [-0.2, -0.15) is 0 Å². The van der Waals surface area contributed by atoms with Gasteiger partial charge >= 0.3 is 0 Å². The van der Waals surface area contributed by atoms with Gasteiger partial charge in [0, 0.05) is 16.9 Å². The van der Waals surface area contributed by atoms with Gasteiger partial charge in [0.25, 0.3) is 5.91 Å². The molecule has 0 aromatic heterocycles. The van der Waals surface area contributed by atoms with Crippen LogP contribution in [-0.2, 0) is 17.6 Å². The van der Waals surface area contributed by atoms with Gasteiger partial charge < -0.3 is 5.32 Å². The van der Waals surface area contributed by atoms with Crippen molar-refractivity contribution in [3.8, 4) is 0 Å². The number of hydrogen-bond donors (Lipinski definition) is 1. The van der Waals surface area contributed by atoms with E-state index >= 15 is 0 Å². The molecule has 1 aliphatic rings. The normalized spacial score (nSPS) is 15.6. The number of aryl methyl sites for hydroxylation is 2. The fourth-order valence-electron chi connectivity index (χ4n) is 3.98. The van der Waals surface area contributed by atoms with Crippen LogP contribution in [0.3, 0.4) is 0 Å². The van der Waals surface area contributed by atoms with E-state index in [9.17, 15) is 9.59 Å². The van der Waals surface area contributed by atoms with Gasteiger partial charge in [-0.3, -0.25) is 14.5 Å². The molecule has 0 radical (unpaired) electrons. The second-order valence-electron chi connectivity index (χ2n) is 8.32. The predicted molar refractivity (Wildman–Crippen MR) is 138 cm³/mol. The van der Waals surface area contributed by atoms with Gasteiger partial charge in [0.2, 0.25) is 5.91 Å². The number of thioether (sulfide) groups is 1. The number of carbonyl (C=O) groups excluding carboxylic acids is 2. The van der Waals surface area contributed by atoms with Gasteiger partial charge in [0.15, 0.2) is 0 Å². The molecule has 2 amide bonds. The molecule has 0 unspecified atom stereocenters. The molecule has 4 rings (SSSR count). The van der Waals surface area contributed by atoms with E-state index < -0.39 is 0 Å². The summed E-state index contributed by atoms with van der Waals surface area (Å²) in [6.07, 6.45) is 4.34. The molecule has 33 heavy (non-hydrogen) atoms. The average molecular weight is 459 g/mol. The molecule has 1 N–H and O–H groups in total. The first kappa shape index (κ1) is 23.1. The second-order valence-corrected chi connectivity index (χ2v) is 9.39. The van der Waals surface area contributed by atoms with Crippen LogP contribution < -0.4 is 10.2 Å². The van der Waals surface area contributed by atoms with E-state index in [1.165, 1.54) is 11.1 Å². The Balaban J connectivity index is 1.43. The van der Waals surface area contributed by atoms with Crippen LogP contribution in [-0.4, -0.2) is 17.6 Å². The van der Waals surface area contributed by atoms with Gasteiger partial charge in [-0.05, 0) is 72.4 Å². The van der Waals surface area contributed by atoms with Crippen molar-refractivity contribution >= 4 is 35.0 Å². The smallest absolute Gasteiger partial charge is 0.255 e. The van der Waals surface area contributed by atoms with E-state index in [-0.39, 0.29) is 17.2 Å². The molecule has 1 aliphatic heterocycles. The summed E-state index contributed by atoms with van der Waals surface area (Å²) in [5.41, 5.74) is 5.88. The van der Waals surface area contributed by atoms with Crippen LogP contribution >= 0.6 is 11.8 Å². The lowest BCUT2D eigenvalue weighted by atomic mass is 10.1. The molecule has 0 aliphatic carbocycles. The zero-order valence-corrected chi connectivity index (χ0v) is 20.0. The highest BCUT2D eigenvalue weighted by atomic mass is 32.2. The Kier molecular flexibility index (Phi) is 7.50. The lowest BCUT2D eigenvalue weighted by Gasteiger charge is -2.24. The van der Waals surface area contributed by atoms with E-state index in [1.807, 2.05) is 65.6 Å². The van der Waals surface area contributed by atoms with Gasteiger partial charge in [0.1, 0.15) is 5.37 Å². The molecule has 3 aromatic carbocycles. The Morgan fingerprint density at radius 3 is 2.24 bits per heavy atom. The van der Waals surface area contributed by atoms with Crippen LogP contribution in [0, 0.1) is 0 Å². The Hall–Kier alpha value is -3.05. The van der Waals surface area contributed by atoms with Crippen molar-refractivity contribution < 1.29 is 9.59 Å². The van der Waals surface area contributed by atoms with Crippen LogP contribution in [0.25, 0.3) is 0 Å². The predicted octanol–water partition coefficient (Wildman–Crippen LogP) is 6.62. The van der Waals surface area contributed by atoms with E-state index in [0.717, 1.165) is 42.6 Å². The third kappa shape index (κ3) is 5.48. The molecule has 4 nitrogen and oxygen atoms in total. The Labute approximate surface area is 200 Å². The van der Waals surface area contributed by atoms with Gasteiger partial charge in [0.05, 0.1) is 5.75 Å². The van der Waals surface area contributed by atoms with Gasteiger partial charge in [-0.25, -0.2) is 0 Å². The zero-order chi connectivity index (χ0) is 23.2. The van der Waals surface area contributed by atoms with Crippen LogP contribution in [0.1, 0.15) is 59.1 Å². The molecule has 1 heterocycles.